The number of furan rings is 1. The molecule has 1 aliphatic carbocycles. The van der Waals surface area contributed by atoms with Crippen LogP contribution in [0.3, 0.4) is 0 Å². The second-order valence-corrected chi connectivity index (χ2v) is 3.47. The molecule has 2 atom stereocenters. The summed E-state index contributed by atoms with van der Waals surface area (Å²) in [6.45, 7) is 2.09. The van der Waals surface area contributed by atoms with E-state index in [1.54, 1.807) is 6.26 Å². The Labute approximate surface area is 71.1 Å². The molecule has 1 heterocycles. The molecule has 2 unspecified atom stereocenters. The molecule has 0 spiro atoms. The Hall–Kier alpha value is -1.25. The molecule has 1 aromatic rings. The maximum atomic E-state index is 7.48. The van der Waals surface area contributed by atoms with Gasteiger partial charge in [0.15, 0.2) is 0 Å². The minimum Gasteiger partial charge on any atom is -0.468 e. The van der Waals surface area contributed by atoms with Crippen LogP contribution in [0.25, 0.3) is 0 Å². The van der Waals surface area contributed by atoms with E-state index in [2.05, 4.69) is 6.92 Å². The summed E-state index contributed by atoms with van der Waals surface area (Å²) < 4.78 is 5.27. The van der Waals surface area contributed by atoms with E-state index in [4.69, 9.17) is 15.6 Å². The van der Waals surface area contributed by atoms with Crippen molar-refractivity contribution in [2.45, 2.75) is 18.8 Å². The van der Waals surface area contributed by atoms with Gasteiger partial charge < -0.3 is 10.2 Å². The normalized spacial score (nSPS) is 33.2. The maximum Gasteiger partial charge on any atom is 0.117 e. The standard InChI is InChI=1S/C9H12N2O/c1-6-5-9(6,8(10)11)7-3-2-4-12-7/h2-4,6H,5H2,1H3,(H3,10,11). The van der Waals surface area contributed by atoms with Crippen molar-refractivity contribution >= 4 is 5.84 Å². The highest BCUT2D eigenvalue weighted by Crippen LogP contribution is 2.53. The van der Waals surface area contributed by atoms with Gasteiger partial charge in [-0.15, -0.1) is 0 Å². The van der Waals surface area contributed by atoms with Crippen LogP contribution in [0.4, 0.5) is 0 Å². The lowest BCUT2D eigenvalue weighted by Gasteiger charge is -2.10. The van der Waals surface area contributed by atoms with Gasteiger partial charge in [0.1, 0.15) is 11.6 Å². The molecule has 1 aliphatic rings. The van der Waals surface area contributed by atoms with Crippen molar-refractivity contribution in [3.05, 3.63) is 24.2 Å². The summed E-state index contributed by atoms with van der Waals surface area (Å²) in [5.41, 5.74) is 5.26. The molecule has 2 rings (SSSR count). The molecular weight excluding hydrogens is 152 g/mol. The minimum atomic E-state index is -0.274. The Morgan fingerprint density at radius 2 is 2.50 bits per heavy atom. The van der Waals surface area contributed by atoms with E-state index in [0.29, 0.717) is 5.92 Å². The smallest absolute Gasteiger partial charge is 0.117 e. The molecule has 1 fully saturated rings. The molecule has 0 amide bonds. The van der Waals surface area contributed by atoms with Crippen LogP contribution in [0.5, 0.6) is 0 Å². The molecule has 0 bridgehead atoms. The van der Waals surface area contributed by atoms with Crippen LogP contribution in [0.1, 0.15) is 19.1 Å². The molecule has 0 radical (unpaired) electrons. The van der Waals surface area contributed by atoms with Gasteiger partial charge in [-0.2, -0.15) is 0 Å². The third-order valence-electron chi connectivity index (χ3n) is 2.75. The minimum absolute atomic E-state index is 0.227. The number of amidine groups is 1. The Balaban J connectivity index is 2.38. The Bertz CT molecular complexity index is 304. The first-order valence-corrected chi connectivity index (χ1v) is 4.06. The van der Waals surface area contributed by atoms with E-state index in [0.717, 1.165) is 12.2 Å². The fraction of sp³-hybridized carbons (Fsp3) is 0.444. The van der Waals surface area contributed by atoms with Gasteiger partial charge in [-0.3, -0.25) is 5.41 Å². The van der Waals surface area contributed by atoms with Crippen molar-refractivity contribution in [1.82, 2.24) is 0 Å². The van der Waals surface area contributed by atoms with Gasteiger partial charge in [0.25, 0.3) is 0 Å². The van der Waals surface area contributed by atoms with E-state index in [9.17, 15) is 0 Å². The summed E-state index contributed by atoms with van der Waals surface area (Å²) in [6, 6.07) is 3.73. The van der Waals surface area contributed by atoms with Gasteiger partial charge in [0, 0.05) is 0 Å². The van der Waals surface area contributed by atoms with Crippen molar-refractivity contribution in [1.29, 1.82) is 5.41 Å². The SMILES string of the molecule is CC1CC1(C(=N)N)c1ccco1. The van der Waals surface area contributed by atoms with Crippen LogP contribution >= 0.6 is 0 Å². The van der Waals surface area contributed by atoms with E-state index < -0.39 is 0 Å². The molecule has 3 N–H and O–H groups in total. The maximum absolute atomic E-state index is 7.48. The van der Waals surface area contributed by atoms with Gasteiger partial charge >= 0.3 is 0 Å². The lowest BCUT2D eigenvalue weighted by Crippen LogP contribution is -2.28. The topological polar surface area (TPSA) is 63.0 Å². The highest BCUT2D eigenvalue weighted by molar-refractivity contribution is 5.92. The van der Waals surface area contributed by atoms with E-state index >= 15 is 0 Å². The molecule has 1 aromatic heterocycles. The number of nitrogens with two attached hydrogens (primary N) is 1. The van der Waals surface area contributed by atoms with Crippen molar-refractivity contribution in [2.75, 3.05) is 0 Å². The Kier molecular flexibility index (Phi) is 1.31. The summed E-state index contributed by atoms with van der Waals surface area (Å²) in [7, 11) is 0. The van der Waals surface area contributed by atoms with Crippen molar-refractivity contribution < 1.29 is 4.42 Å². The zero-order valence-corrected chi connectivity index (χ0v) is 7.00. The zero-order valence-electron chi connectivity index (χ0n) is 7.00. The molecule has 64 valence electrons. The van der Waals surface area contributed by atoms with Crippen LogP contribution in [0.2, 0.25) is 0 Å². The fourth-order valence-corrected chi connectivity index (χ4v) is 1.81. The van der Waals surface area contributed by atoms with Gasteiger partial charge in [0.2, 0.25) is 0 Å². The van der Waals surface area contributed by atoms with E-state index in [1.807, 2.05) is 12.1 Å². The number of rotatable bonds is 2. The van der Waals surface area contributed by atoms with Gasteiger partial charge in [-0.1, -0.05) is 6.92 Å². The van der Waals surface area contributed by atoms with Crippen LogP contribution < -0.4 is 5.73 Å². The lowest BCUT2D eigenvalue weighted by atomic mass is 10.00. The summed E-state index contributed by atoms with van der Waals surface area (Å²) in [5.74, 6) is 1.51. The molecule has 12 heavy (non-hydrogen) atoms. The van der Waals surface area contributed by atoms with E-state index in [1.165, 1.54) is 0 Å². The second-order valence-electron chi connectivity index (χ2n) is 3.47. The second kappa shape index (κ2) is 2.12. The van der Waals surface area contributed by atoms with Crippen molar-refractivity contribution in [3.8, 4) is 0 Å². The largest absolute Gasteiger partial charge is 0.468 e. The summed E-state index contributed by atoms with van der Waals surface area (Å²) in [4.78, 5) is 0. The fourth-order valence-electron chi connectivity index (χ4n) is 1.81. The van der Waals surface area contributed by atoms with Crippen molar-refractivity contribution in [2.24, 2.45) is 11.7 Å². The first-order valence-electron chi connectivity index (χ1n) is 4.06. The third kappa shape index (κ3) is 0.734. The first-order chi connectivity index (χ1) is 5.68. The molecular formula is C9H12N2O. The predicted molar refractivity (Wildman–Crippen MR) is 46.1 cm³/mol. The Morgan fingerprint density at radius 1 is 1.83 bits per heavy atom. The monoisotopic (exact) mass is 164 g/mol. The quantitative estimate of drug-likeness (QED) is 0.514. The predicted octanol–water partition coefficient (Wildman–Crippen LogP) is 1.49. The van der Waals surface area contributed by atoms with Crippen LogP contribution in [0.15, 0.2) is 22.8 Å². The third-order valence-corrected chi connectivity index (χ3v) is 2.75. The molecule has 0 aromatic carbocycles. The molecule has 0 saturated heterocycles. The summed E-state index contributed by atoms with van der Waals surface area (Å²) in [5, 5.41) is 7.48. The summed E-state index contributed by atoms with van der Waals surface area (Å²) >= 11 is 0. The van der Waals surface area contributed by atoms with Crippen LogP contribution in [0, 0.1) is 11.3 Å². The lowest BCUT2D eigenvalue weighted by molar-refractivity contribution is 0.481. The van der Waals surface area contributed by atoms with Crippen molar-refractivity contribution in [3.63, 3.8) is 0 Å². The highest BCUT2D eigenvalue weighted by Gasteiger charge is 2.57. The zero-order chi connectivity index (χ0) is 8.77. The molecule has 3 nitrogen and oxygen atoms in total. The van der Waals surface area contributed by atoms with E-state index in [-0.39, 0.29) is 11.3 Å². The average Bonchev–Trinajstić information content (AvgIpc) is 2.51. The van der Waals surface area contributed by atoms with Gasteiger partial charge in [0.05, 0.1) is 11.7 Å². The number of hydrogen-bond acceptors (Lipinski definition) is 2. The van der Waals surface area contributed by atoms with Crippen LogP contribution in [-0.2, 0) is 5.41 Å². The van der Waals surface area contributed by atoms with Crippen LogP contribution in [-0.4, -0.2) is 5.84 Å². The Morgan fingerprint density at radius 3 is 2.83 bits per heavy atom. The van der Waals surface area contributed by atoms with Gasteiger partial charge in [-0.05, 0) is 24.5 Å². The highest BCUT2D eigenvalue weighted by atomic mass is 16.3. The number of nitrogens with one attached hydrogen (secondary N) is 1. The molecule has 3 heteroatoms. The first kappa shape index (κ1) is 7.40. The molecule has 1 saturated carbocycles. The average molecular weight is 164 g/mol. The molecule has 0 aliphatic heterocycles. The number of hydrogen-bond donors (Lipinski definition) is 2. The summed E-state index contributed by atoms with van der Waals surface area (Å²) in [6.07, 6.45) is 2.57. The van der Waals surface area contributed by atoms with Gasteiger partial charge in [-0.25, -0.2) is 0 Å².